The number of methoxy groups -OCH3 is 1. The van der Waals surface area contributed by atoms with Crippen molar-refractivity contribution in [3.8, 4) is 5.75 Å². The Balaban J connectivity index is 2.44. The maximum atomic E-state index is 13.5. The van der Waals surface area contributed by atoms with Crippen molar-refractivity contribution < 1.29 is 22.7 Å². The summed E-state index contributed by atoms with van der Waals surface area (Å²) in [5.74, 6) is -0.647. The molecule has 34 heavy (non-hydrogen) atoms. The van der Waals surface area contributed by atoms with Crippen LogP contribution in [0.15, 0.2) is 42.5 Å². The number of amides is 2. The van der Waals surface area contributed by atoms with Gasteiger partial charge in [-0.3, -0.25) is 13.9 Å². The number of hydrogen-bond donors (Lipinski definition) is 1. The predicted octanol–water partition coefficient (Wildman–Crippen LogP) is 3.71. The first-order valence-electron chi connectivity index (χ1n) is 10.6. The molecule has 2 aromatic rings. The SMILES string of the molecule is CCCNC(=O)C(C)N(Cc1ccc(Cl)cc1Cl)C(=O)CN(c1ccccc1OC)S(C)(=O)=O. The molecule has 1 unspecified atom stereocenters. The van der Waals surface area contributed by atoms with Crippen molar-refractivity contribution in [3.05, 3.63) is 58.1 Å². The second-order valence-electron chi connectivity index (χ2n) is 7.67. The van der Waals surface area contributed by atoms with E-state index in [1.807, 2.05) is 6.92 Å². The van der Waals surface area contributed by atoms with Crippen LogP contribution in [-0.2, 0) is 26.2 Å². The summed E-state index contributed by atoms with van der Waals surface area (Å²) in [6.45, 7) is 3.40. The average molecular weight is 530 g/mol. The summed E-state index contributed by atoms with van der Waals surface area (Å²) in [7, 11) is -2.45. The van der Waals surface area contributed by atoms with Gasteiger partial charge < -0.3 is 15.0 Å². The Morgan fingerprint density at radius 2 is 1.82 bits per heavy atom. The molecule has 0 spiro atoms. The first-order chi connectivity index (χ1) is 16.0. The molecule has 186 valence electrons. The first-order valence-corrected chi connectivity index (χ1v) is 13.2. The van der Waals surface area contributed by atoms with E-state index in [0.29, 0.717) is 27.9 Å². The lowest BCUT2D eigenvalue weighted by Gasteiger charge is -2.32. The summed E-state index contributed by atoms with van der Waals surface area (Å²) in [6, 6.07) is 10.4. The number of halogens is 2. The Morgan fingerprint density at radius 3 is 2.41 bits per heavy atom. The Bertz CT molecular complexity index is 1130. The van der Waals surface area contributed by atoms with Crippen LogP contribution in [0.25, 0.3) is 0 Å². The summed E-state index contributed by atoms with van der Waals surface area (Å²) in [6.07, 6.45) is 1.73. The highest BCUT2D eigenvalue weighted by Gasteiger charge is 2.31. The van der Waals surface area contributed by atoms with Crippen LogP contribution in [0.1, 0.15) is 25.8 Å². The lowest BCUT2D eigenvalue weighted by atomic mass is 10.1. The van der Waals surface area contributed by atoms with Crippen LogP contribution in [0, 0.1) is 0 Å². The van der Waals surface area contributed by atoms with Crippen LogP contribution in [-0.4, -0.2) is 57.6 Å². The van der Waals surface area contributed by atoms with Crippen molar-refractivity contribution in [2.24, 2.45) is 0 Å². The number of carbonyl (C=O) groups is 2. The number of carbonyl (C=O) groups excluding carboxylic acids is 2. The van der Waals surface area contributed by atoms with Crippen LogP contribution >= 0.6 is 23.2 Å². The molecule has 2 rings (SSSR count). The molecule has 0 saturated heterocycles. The van der Waals surface area contributed by atoms with Crippen LogP contribution in [0.5, 0.6) is 5.75 Å². The van der Waals surface area contributed by atoms with Gasteiger partial charge in [0.15, 0.2) is 0 Å². The van der Waals surface area contributed by atoms with Gasteiger partial charge in [-0.2, -0.15) is 0 Å². The third kappa shape index (κ3) is 7.25. The Kier molecular flexibility index (Phi) is 10.0. The zero-order chi connectivity index (χ0) is 25.5. The van der Waals surface area contributed by atoms with Crippen molar-refractivity contribution >= 4 is 50.7 Å². The molecule has 1 N–H and O–H groups in total. The zero-order valence-corrected chi connectivity index (χ0v) is 21.9. The minimum Gasteiger partial charge on any atom is -0.495 e. The topological polar surface area (TPSA) is 96.0 Å². The fourth-order valence-corrected chi connectivity index (χ4v) is 4.56. The molecule has 0 aliphatic carbocycles. The second kappa shape index (κ2) is 12.3. The van der Waals surface area contributed by atoms with Gasteiger partial charge in [-0.05, 0) is 43.2 Å². The van der Waals surface area contributed by atoms with Crippen LogP contribution in [0.3, 0.4) is 0 Å². The van der Waals surface area contributed by atoms with E-state index in [1.54, 1.807) is 49.4 Å². The minimum absolute atomic E-state index is 0.0148. The van der Waals surface area contributed by atoms with Crippen molar-refractivity contribution in [1.29, 1.82) is 0 Å². The number of rotatable bonds is 11. The summed E-state index contributed by atoms with van der Waals surface area (Å²) in [4.78, 5) is 27.5. The van der Waals surface area contributed by atoms with Crippen molar-refractivity contribution in [2.45, 2.75) is 32.9 Å². The fraction of sp³-hybridized carbons (Fsp3) is 0.391. The van der Waals surface area contributed by atoms with Crippen LogP contribution in [0.2, 0.25) is 10.0 Å². The maximum absolute atomic E-state index is 13.5. The van der Waals surface area contributed by atoms with Gasteiger partial charge in [0, 0.05) is 23.1 Å². The zero-order valence-electron chi connectivity index (χ0n) is 19.5. The molecule has 0 bridgehead atoms. The molecule has 0 aliphatic heterocycles. The van der Waals surface area contributed by atoms with E-state index in [4.69, 9.17) is 27.9 Å². The largest absolute Gasteiger partial charge is 0.495 e. The number of sulfonamides is 1. The van der Waals surface area contributed by atoms with Crippen molar-refractivity contribution in [1.82, 2.24) is 10.2 Å². The number of nitrogens with one attached hydrogen (secondary N) is 1. The minimum atomic E-state index is -3.86. The van der Waals surface area contributed by atoms with Gasteiger partial charge in [-0.15, -0.1) is 0 Å². The van der Waals surface area contributed by atoms with Crippen LogP contribution in [0.4, 0.5) is 5.69 Å². The monoisotopic (exact) mass is 529 g/mol. The normalized spacial score (nSPS) is 12.1. The van der Waals surface area contributed by atoms with E-state index < -0.39 is 28.5 Å². The van der Waals surface area contributed by atoms with Gasteiger partial charge >= 0.3 is 0 Å². The number of hydrogen-bond acceptors (Lipinski definition) is 5. The smallest absolute Gasteiger partial charge is 0.244 e. The summed E-state index contributed by atoms with van der Waals surface area (Å²) in [5.41, 5.74) is 0.783. The molecule has 0 aliphatic rings. The highest BCUT2D eigenvalue weighted by atomic mass is 35.5. The van der Waals surface area contributed by atoms with Crippen molar-refractivity contribution in [3.63, 3.8) is 0 Å². The van der Waals surface area contributed by atoms with E-state index in [1.165, 1.54) is 12.0 Å². The summed E-state index contributed by atoms with van der Waals surface area (Å²) < 4.78 is 31.5. The number of benzene rings is 2. The number of anilines is 1. The van der Waals surface area contributed by atoms with E-state index in [9.17, 15) is 18.0 Å². The molecule has 2 amide bonds. The van der Waals surface area contributed by atoms with E-state index >= 15 is 0 Å². The van der Waals surface area contributed by atoms with Gasteiger partial charge in [0.05, 0.1) is 19.1 Å². The molecular formula is C23H29Cl2N3O5S. The standard InChI is InChI=1S/C23H29Cl2N3O5S/c1-5-12-26-23(30)16(2)27(14-17-10-11-18(24)13-19(17)25)22(29)15-28(34(4,31)32)20-8-6-7-9-21(20)33-3/h6-11,13,16H,5,12,14-15H2,1-4H3,(H,26,30). The summed E-state index contributed by atoms with van der Waals surface area (Å²) in [5, 5.41) is 3.53. The third-order valence-electron chi connectivity index (χ3n) is 5.11. The fourth-order valence-electron chi connectivity index (χ4n) is 3.24. The Hall–Kier alpha value is -2.49. The third-order valence-corrected chi connectivity index (χ3v) is 6.82. The molecule has 1 atom stereocenters. The second-order valence-corrected chi connectivity index (χ2v) is 10.4. The van der Waals surface area contributed by atoms with Gasteiger partial charge in [0.2, 0.25) is 21.8 Å². The molecule has 2 aromatic carbocycles. The maximum Gasteiger partial charge on any atom is 0.244 e. The van der Waals surface area contributed by atoms with Crippen molar-refractivity contribution in [2.75, 3.05) is 30.8 Å². The molecule has 8 nitrogen and oxygen atoms in total. The molecule has 0 heterocycles. The Labute approximate surface area is 210 Å². The van der Waals surface area contributed by atoms with Gasteiger partial charge in [-0.25, -0.2) is 8.42 Å². The van der Waals surface area contributed by atoms with Gasteiger partial charge in [-0.1, -0.05) is 48.3 Å². The van der Waals surface area contributed by atoms with Gasteiger partial charge in [0.1, 0.15) is 18.3 Å². The molecule has 0 saturated carbocycles. The average Bonchev–Trinajstić information content (AvgIpc) is 2.79. The number of nitrogens with zero attached hydrogens (tertiary/aromatic N) is 2. The van der Waals surface area contributed by atoms with Crippen LogP contribution < -0.4 is 14.4 Å². The molecular weight excluding hydrogens is 501 g/mol. The highest BCUT2D eigenvalue weighted by Crippen LogP contribution is 2.30. The predicted molar refractivity (Wildman–Crippen MR) is 135 cm³/mol. The van der Waals surface area contributed by atoms with E-state index in [-0.39, 0.29) is 18.1 Å². The van der Waals surface area contributed by atoms with E-state index in [2.05, 4.69) is 5.32 Å². The molecule has 0 fully saturated rings. The number of para-hydroxylation sites is 2. The lowest BCUT2D eigenvalue weighted by molar-refractivity contribution is -0.139. The molecule has 0 radical (unpaired) electrons. The van der Waals surface area contributed by atoms with Gasteiger partial charge in [0.25, 0.3) is 0 Å². The van der Waals surface area contributed by atoms with E-state index in [0.717, 1.165) is 17.0 Å². The molecule has 11 heteroatoms. The number of ether oxygens (including phenoxy) is 1. The molecule has 0 aromatic heterocycles. The summed E-state index contributed by atoms with van der Waals surface area (Å²) >= 11 is 12.3. The quantitative estimate of drug-likeness (QED) is 0.478. The highest BCUT2D eigenvalue weighted by molar-refractivity contribution is 7.92. The lowest BCUT2D eigenvalue weighted by Crippen LogP contribution is -2.51. The first kappa shape index (κ1) is 27.8. The Morgan fingerprint density at radius 1 is 1.15 bits per heavy atom.